The fourth-order valence-electron chi connectivity index (χ4n) is 6.34. The minimum atomic E-state index is -2.93. The molecule has 3 aromatic rings. The average Bonchev–Trinajstić information content (AvgIpc) is 3.60. The van der Waals surface area contributed by atoms with Crippen LogP contribution in [0.3, 0.4) is 0 Å². The van der Waals surface area contributed by atoms with E-state index in [1.165, 1.54) is 24.2 Å². The predicted molar refractivity (Wildman–Crippen MR) is 150 cm³/mol. The first-order chi connectivity index (χ1) is 20.3. The lowest BCUT2D eigenvalue weighted by Crippen LogP contribution is -2.54. The van der Waals surface area contributed by atoms with Crippen LogP contribution in [0.4, 0.5) is 22.0 Å². The maximum absolute atomic E-state index is 14.2. The zero-order valence-electron chi connectivity index (χ0n) is 23.3. The van der Waals surface area contributed by atoms with Crippen LogP contribution in [0.1, 0.15) is 49.6 Å². The van der Waals surface area contributed by atoms with Gasteiger partial charge < -0.3 is 20.1 Å². The van der Waals surface area contributed by atoms with Crippen LogP contribution >= 0.6 is 22.5 Å². The molecule has 1 saturated carbocycles. The number of rotatable bonds is 8. The molecule has 0 bridgehead atoms. The second-order valence-corrected chi connectivity index (χ2v) is 14.1. The maximum atomic E-state index is 14.2. The number of aromatic nitrogens is 5. The zero-order valence-corrected chi connectivity index (χ0v) is 25.0. The first-order valence-corrected chi connectivity index (χ1v) is 15.8. The van der Waals surface area contributed by atoms with Gasteiger partial charge in [0.25, 0.3) is 0 Å². The Morgan fingerprint density at radius 3 is 2.40 bits per heavy atom. The van der Waals surface area contributed by atoms with Crippen molar-refractivity contribution in [2.24, 2.45) is 0 Å². The molecule has 1 aliphatic heterocycles. The van der Waals surface area contributed by atoms with Crippen LogP contribution < -0.4 is 0 Å². The van der Waals surface area contributed by atoms with E-state index in [2.05, 4.69) is 15.4 Å². The quantitative estimate of drug-likeness (QED) is 0.164. The predicted octanol–water partition coefficient (Wildman–Crippen LogP) is 4.21. The maximum Gasteiger partial charge on any atom is 0.248 e. The molecule has 2 fully saturated rings. The van der Waals surface area contributed by atoms with Gasteiger partial charge in [-0.3, -0.25) is 4.68 Å². The molecule has 1 aromatic carbocycles. The van der Waals surface area contributed by atoms with E-state index in [9.17, 15) is 37.3 Å². The number of ether oxygens (including phenoxy) is 1. The minimum absolute atomic E-state index is 0.00203. The van der Waals surface area contributed by atoms with Crippen molar-refractivity contribution >= 4 is 22.5 Å². The van der Waals surface area contributed by atoms with Gasteiger partial charge in [-0.05, 0) is 31.9 Å². The fraction of sp³-hybridized carbons (Fsp3) is 0.593. The third-order valence-electron chi connectivity index (χ3n) is 8.61. The molecule has 3 heterocycles. The molecule has 1 unspecified atom stereocenters. The molecule has 0 spiro atoms. The van der Waals surface area contributed by atoms with Crippen LogP contribution in [0.2, 0.25) is 5.02 Å². The number of benzene rings is 1. The minimum Gasteiger partial charge on any atom is -0.395 e. The summed E-state index contributed by atoms with van der Waals surface area (Å²) in [5.74, 6) is -7.17. The summed E-state index contributed by atoms with van der Waals surface area (Å²) < 4.78 is 78.4. The lowest BCUT2D eigenvalue weighted by atomic mass is 9.79. The number of alkyl halides is 2. The molecule has 3 N–H and O–H groups in total. The molecule has 0 amide bonds. The number of hydrogen-bond donors (Lipinski definition) is 4. The molecule has 1 aliphatic carbocycles. The second-order valence-electron chi connectivity index (χ2n) is 11.1. The molecule has 2 aliphatic rings. The number of hydrogen-bond acceptors (Lipinski definition) is 7. The molecular weight excluding hydrogens is 621 g/mol. The fourth-order valence-corrected chi connectivity index (χ4v) is 10.6. The number of aliphatic hydroxyl groups is 3. The number of methoxy groups -OCH3 is 1. The highest BCUT2D eigenvalue weighted by Crippen LogP contribution is 2.62. The lowest BCUT2D eigenvalue weighted by Gasteiger charge is -2.53. The largest absolute Gasteiger partial charge is 0.395 e. The molecule has 5 rings (SSSR count). The number of halogens is 6. The van der Waals surface area contributed by atoms with E-state index < -0.39 is 88.1 Å². The van der Waals surface area contributed by atoms with Crippen LogP contribution in [0.15, 0.2) is 24.5 Å². The molecule has 238 valence electrons. The van der Waals surface area contributed by atoms with Gasteiger partial charge in [0.05, 0.1) is 52.8 Å². The van der Waals surface area contributed by atoms with Gasteiger partial charge in [0, 0.05) is 43.1 Å². The van der Waals surface area contributed by atoms with E-state index in [1.54, 1.807) is 4.68 Å². The highest BCUT2D eigenvalue weighted by molar-refractivity contribution is 8.18. The average molecular weight is 654 g/mol. The molecular formula is C27H33ClF5N5O4S. The zero-order chi connectivity index (χ0) is 31.3. The van der Waals surface area contributed by atoms with E-state index in [0.29, 0.717) is 12.2 Å². The van der Waals surface area contributed by atoms with Gasteiger partial charge in [-0.1, -0.05) is 16.8 Å². The van der Waals surface area contributed by atoms with Crippen molar-refractivity contribution in [2.75, 3.05) is 19.5 Å². The summed E-state index contributed by atoms with van der Waals surface area (Å²) in [4.78, 5) is 0. The van der Waals surface area contributed by atoms with E-state index in [1.807, 2.05) is 6.92 Å². The normalized spacial score (nSPS) is 28.6. The molecule has 1 saturated heterocycles. The second kappa shape index (κ2) is 12.2. The first kappa shape index (κ1) is 32.1. The summed E-state index contributed by atoms with van der Waals surface area (Å²) in [6.07, 6.45) is -0.862. The number of nitrogens with zero attached hydrogens (tertiary/aromatic N) is 5. The summed E-state index contributed by atoms with van der Waals surface area (Å²) >= 11 is 6.60. The van der Waals surface area contributed by atoms with Gasteiger partial charge in [0.1, 0.15) is 11.7 Å². The van der Waals surface area contributed by atoms with Crippen molar-refractivity contribution in [3.05, 3.63) is 52.7 Å². The van der Waals surface area contributed by atoms with Crippen molar-refractivity contribution in [3.8, 4) is 11.3 Å². The Bertz CT molecular complexity index is 1430. The van der Waals surface area contributed by atoms with E-state index in [-0.39, 0.29) is 34.9 Å². The van der Waals surface area contributed by atoms with Crippen LogP contribution in [0, 0.1) is 17.5 Å². The topological polar surface area (TPSA) is 118 Å². The molecule has 2 aromatic heterocycles. The van der Waals surface area contributed by atoms with Crippen molar-refractivity contribution in [1.29, 1.82) is 0 Å². The van der Waals surface area contributed by atoms with Gasteiger partial charge in [0.2, 0.25) is 5.92 Å². The molecule has 16 heteroatoms. The van der Waals surface area contributed by atoms with Crippen LogP contribution in [-0.2, 0) is 11.3 Å². The molecule has 43 heavy (non-hydrogen) atoms. The first-order valence-electron chi connectivity index (χ1n) is 13.8. The van der Waals surface area contributed by atoms with Crippen molar-refractivity contribution in [1.82, 2.24) is 24.8 Å². The molecule has 0 radical (unpaired) electrons. The van der Waals surface area contributed by atoms with Gasteiger partial charge in [0.15, 0.2) is 17.5 Å². The Morgan fingerprint density at radius 1 is 1.16 bits per heavy atom. The Morgan fingerprint density at radius 2 is 1.81 bits per heavy atom. The van der Waals surface area contributed by atoms with Gasteiger partial charge in [-0.15, -0.1) is 5.10 Å². The Kier molecular flexibility index (Phi) is 9.14. The van der Waals surface area contributed by atoms with Crippen molar-refractivity contribution < 1.29 is 42.0 Å². The highest BCUT2D eigenvalue weighted by Gasteiger charge is 2.55. The number of aliphatic hydroxyl groups excluding tert-OH is 2. The summed E-state index contributed by atoms with van der Waals surface area (Å²) in [5, 5.41) is 45.2. The summed E-state index contributed by atoms with van der Waals surface area (Å²) in [6.45, 7) is 1.68. The summed E-state index contributed by atoms with van der Waals surface area (Å²) in [5.41, 5.74) is -1.26. The summed E-state index contributed by atoms with van der Waals surface area (Å²) in [6, 6.07) is 0.607. The van der Waals surface area contributed by atoms with Crippen LogP contribution in [0.25, 0.3) is 11.3 Å². The molecule has 9 nitrogen and oxygen atoms in total. The third-order valence-corrected chi connectivity index (χ3v) is 12.4. The Hall–Kier alpha value is -2.30. The van der Waals surface area contributed by atoms with E-state index in [4.69, 9.17) is 16.3 Å². The van der Waals surface area contributed by atoms with Crippen LogP contribution in [0.5, 0.6) is 0 Å². The van der Waals surface area contributed by atoms with Gasteiger partial charge in [-0.2, -0.15) is 5.10 Å². The van der Waals surface area contributed by atoms with E-state index >= 15 is 0 Å². The van der Waals surface area contributed by atoms with Crippen molar-refractivity contribution in [2.45, 2.75) is 79.4 Å². The van der Waals surface area contributed by atoms with E-state index in [0.717, 1.165) is 12.1 Å². The SMILES string of the molecule is CCn1ncc(Cl)c1[C@@H]([SH]1C[C@H](OC)[C@@H](n2cc(-c3cc(F)c(F)c(F)c3)nn2)[C@@H](O)[C@H]1CO)C1(O)CCC(F)(F)CC1. The third kappa shape index (κ3) is 5.91. The van der Waals surface area contributed by atoms with Gasteiger partial charge >= 0.3 is 0 Å². The van der Waals surface area contributed by atoms with Crippen molar-refractivity contribution in [3.63, 3.8) is 0 Å². The smallest absolute Gasteiger partial charge is 0.248 e. The Balaban J connectivity index is 1.54. The monoisotopic (exact) mass is 653 g/mol. The number of thiol groups is 1. The highest BCUT2D eigenvalue weighted by atomic mass is 35.5. The standard InChI is InChI=1S/C27H33ClF5N5O4S/c1-3-37-22(15(28)10-34-37)25(26(41)4-6-27(32,33)7-5-26)43-13-19(42-2)23(24(40)20(43)12-39)38-11-18(35-36-38)14-8-16(29)21(31)17(30)9-14/h8-11,19-20,23-25,39-41,43H,3-7,12-13H2,1-2H3/t19-,20+,23+,24-,25+/m0/s1. The Labute approximate surface area is 251 Å². The number of aryl methyl sites for hydroxylation is 1. The van der Waals surface area contributed by atoms with Gasteiger partial charge in [-0.25, -0.2) is 37.5 Å². The van der Waals surface area contributed by atoms with Crippen LogP contribution in [-0.4, -0.2) is 88.5 Å². The summed E-state index contributed by atoms with van der Waals surface area (Å²) in [7, 11) is -0.197. The molecule has 6 atom stereocenters. The lowest BCUT2D eigenvalue weighted by molar-refractivity contribution is -0.105.